The fourth-order valence-electron chi connectivity index (χ4n) is 2.04. The number of benzene rings is 1. The zero-order chi connectivity index (χ0) is 14.8. The van der Waals surface area contributed by atoms with E-state index in [9.17, 15) is 4.79 Å². The van der Waals surface area contributed by atoms with Gasteiger partial charge >= 0.3 is 5.97 Å². The van der Waals surface area contributed by atoms with Gasteiger partial charge in [0.05, 0.1) is 12.1 Å². The number of fused-ring (bicyclic) bond motifs is 1. The number of para-hydroxylation sites is 1. The molecule has 21 heavy (non-hydrogen) atoms. The summed E-state index contributed by atoms with van der Waals surface area (Å²) in [5, 5.41) is 5.13. The van der Waals surface area contributed by atoms with Gasteiger partial charge in [0, 0.05) is 17.6 Å². The van der Waals surface area contributed by atoms with Crippen LogP contribution < -0.4 is 0 Å². The molecule has 1 aromatic carbocycles. The molecule has 106 valence electrons. The third-order valence-electron chi connectivity index (χ3n) is 2.88. The van der Waals surface area contributed by atoms with E-state index in [0.29, 0.717) is 17.8 Å². The minimum absolute atomic E-state index is 0.116. The van der Waals surface area contributed by atoms with Crippen LogP contribution >= 0.6 is 11.6 Å². The predicted molar refractivity (Wildman–Crippen MR) is 77.6 cm³/mol. The molecule has 2 aromatic heterocycles. The number of carbonyl (C=O) groups excluding carboxylic acids is 1. The molecule has 2 heterocycles. The summed E-state index contributed by atoms with van der Waals surface area (Å²) in [6.07, 6.45) is 1.53. The van der Waals surface area contributed by atoms with Gasteiger partial charge in [0.1, 0.15) is 0 Å². The topological polar surface area (TPSA) is 69.9 Å². The van der Waals surface area contributed by atoms with E-state index in [1.807, 2.05) is 24.3 Å². The van der Waals surface area contributed by atoms with E-state index in [0.717, 1.165) is 5.52 Å². The summed E-state index contributed by atoms with van der Waals surface area (Å²) in [6.45, 7) is 2.04. The Morgan fingerprint density at radius 2 is 2.14 bits per heavy atom. The Morgan fingerprint density at radius 1 is 1.33 bits per heavy atom. The quantitative estimate of drug-likeness (QED) is 0.549. The van der Waals surface area contributed by atoms with Crippen molar-refractivity contribution in [3.63, 3.8) is 0 Å². The summed E-state index contributed by atoms with van der Waals surface area (Å²) >= 11 is 5.81. The SMILES string of the molecule is CCOC(=O)c1nn(-c2ccnc(Cl)n2)c2ccccc12. The third-order valence-corrected chi connectivity index (χ3v) is 3.07. The number of aromatic nitrogens is 4. The van der Waals surface area contributed by atoms with E-state index < -0.39 is 5.97 Å². The van der Waals surface area contributed by atoms with Gasteiger partial charge in [0.15, 0.2) is 11.5 Å². The molecule has 0 aliphatic rings. The Kier molecular flexibility index (Phi) is 3.53. The fourth-order valence-corrected chi connectivity index (χ4v) is 2.18. The number of nitrogens with zero attached hydrogens (tertiary/aromatic N) is 4. The highest BCUT2D eigenvalue weighted by atomic mass is 35.5. The molecular formula is C14H11ClN4O2. The Hall–Kier alpha value is -2.47. The summed E-state index contributed by atoms with van der Waals surface area (Å²) < 4.78 is 6.59. The minimum Gasteiger partial charge on any atom is -0.461 e. The minimum atomic E-state index is -0.465. The lowest BCUT2D eigenvalue weighted by atomic mass is 10.2. The number of hydrogen-bond acceptors (Lipinski definition) is 5. The number of esters is 1. The van der Waals surface area contributed by atoms with Crippen molar-refractivity contribution in [2.75, 3.05) is 6.61 Å². The molecule has 7 heteroatoms. The summed E-state index contributed by atoms with van der Waals surface area (Å²) in [7, 11) is 0. The van der Waals surface area contributed by atoms with Crippen molar-refractivity contribution < 1.29 is 9.53 Å². The first kappa shape index (κ1) is 13.5. The molecule has 0 radical (unpaired) electrons. The molecule has 0 spiro atoms. The van der Waals surface area contributed by atoms with Crippen molar-refractivity contribution in [2.24, 2.45) is 0 Å². The van der Waals surface area contributed by atoms with Crippen LogP contribution in [0.4, 0.5) is 0 Å². The van der Waals surface area contributed by atoms with Crippen molar-refractivity contribution in [1.29, 1.82) is 0 Å². The van der Waals surface area contributed by atoms with Crippen LogP contribution in [0.2, 0.25) is 5.28 Å². The lowest BCUT2D eigenvalue weighted by Crippen LogP contribution is -2.07. The highest BCUT2D eigenvalue weighted by molar-refractivity contribution is 6.28. The van der Waals surface area contributed by atoms with Crippen molar-refractivity contribution in [2.45, 2.75) is 6.92 Å². The van der Waals surface area contributed by atoms with Crippen LogP contribution in [0, 0.1) is 0 Å². The number of rotatable bonds is 3. The van der Waals surface area contributed by atoms with Crippen LogP contribution in [0.15, 0.2) is 36.5 Å². The summed E-state index contributed by atoms with van der Waals surface area (Å²) in [5.41, 5.74) is 0.998. The first-order valence-corrected chi connectivity index (χ1v) is 6.72. The number of halogens is 1. The zero-order valence-corrected chi connectivity index (χ0v) is 11.9. The standard InChI is InChI=1S/C14H11ClN4O2/c1-2-21-13(20)12-9-5-3-4-6-10(9)19(18-12)11-7-8-16-14(15)17-11/h3-8H,2H2,1H3. The fraction of sp³-hybridized carbons (Fsp3) is 0.143. The molecule has 6 nitrogen and oxygen atoms in total. The lowest BCUT2D eigenvalue weighted by Gasteiger charge is -2.01. The van der Waals surface area contributed by atoms with Gasteiger partial charge in [-0.3, -0.25) is 0 Å². The van der Waals surface area contributed by atoms with Crippen molar-refractivity contribution in [3.8, 4) is 5.82 Å². The summed E-state index contributed by atoms with van der Waals surface area (Å²) in [5.74, 6) is 0.0225. The highest BCUT2D eigenvalue weighted by Gasteiger charge is 2.19. The Bertz CT molecular complexity index is 816. The van der Waals surface area contributed by atoms with Crippen LogP contribution in [-0.4, -0.2) is 32.3 Å². The number of ether oxygens (including phenoxy) is 1. The average Bonchev–Trinajstić information content (AvgIpc) is 2.87. The molecule has 0 amide bonds. The van der Waals surface area contributed by atoms with Gasteiger partial charge in [-0.25, -0.2) is 14.5 Å². The van der Waals surface area contributed by atoms with Crippen LogP contribution in [0.1, 0.15) is 17.4 Å². The van der Waals surface area contributed by atoms with E-state index in [1.165, 1.54) is 6.20 Å². The van der Waals surface area contributed by atoms with Gasteiger partial charge in [-0.2, -0.15) is 10.1 Å². The first-order valence-electron chi connectivity index (χ1n) is 6.34. The summed E-state index contributed by atoms with van der Waals surface area (Å²) in [6, 6.07) is 9.03. The van der Waals surface area contributed by atoms with E-state index in [-0.39, 0.29) is 11.0 Å². The van der Waals surface area contributed by atoms with E-state index >= 15 is 0 Å². The van der Waals surface area contributed by atoms with Crippen molar-refractivity contribution in [1.82, 2.24) is 19.7 Å². The molecule has 0 unspecified atom stereocenters. The highest BCUT2D eigenvalue weighted by Crippen LogP contribution is 2.22. The van der Waals surface area contributed by atoms with E-state index in [1.54, 1.807) is 17.7 Å². The van der Waals surface area contributed by atoms with Gasteiger partial charge in [-0.15, -0.1) is 0 Å². The molecule has 0 aliphatic carbocycles. The zero-order valence-electron chi connectivity index (χ0n) is 11.2. The maximum atomic E-state index is 12.0. The normalized spacial score (nSPS) is 10.8. The average molecular weight is 303 g/mol. The number of hydrogen-bond donors (Lipinski definition) is 0. The van der Waals surface area contributed by atoms with E-state index in [2.05, 4.69) is 15.1 Å². The van der Waals surface area contributed by atoms with Crippen LogP contribution in [0.25, 0.3) is 16.7 Å². The maximum Gasteiger partial charge on any atom is 0.359 e. The van der Waals surface area contributed by atoms with Crippen LogP contribution in [-0.2, 0) is 4.74 Å². The molecule has 3 aromatic rings. The summed E-state index contributed by atoms with van der Waals surface area (Å²) in [4.78, 5) is 20.0. The van der Waals surface area contributed by atoms with Gasteiger partial charge in [0.2, 0.25) is 5.28 Å². The molecular weight excluding hydrogens is 292 g/mol. The molecule has 0 saturated heterocycles. The molecule has 0 aliphatic heterocycles. The smallest absolute Gasteiger partial charge is 0.359 e. The Morgan fingerprint density at radius 3 is 2.90 bits per heavy atom. The second-order valence-corrected chi connectivity index (χ2v) is 4.52. The molecule has 0 saturated carbocycles. The second-order valence-electron chi connectivity index (χ2n) is 4.18. The van der Waals surface area contributed by atoms with E-state index in [4.69, 9.17) is 16.3 Å². The Labute approximate surface area is 125 Å². The van der Waals surface area contributed by atoms with Crippen LogP contribution in [0.3, 0.4) is 0 Å². The molecule has 0 fully saturated rings. The van der Waals surface area contributed by atoms with Gasteiger partial charge in [0.25, 0.3) is 0 Å². The van der Waals surface area contributed by atoms with Crippen molar-refractivity contribution >= 4 is 28.5 Å². The predicted octanol–water partition coefficient (Wildman–Crippen LogP) is 2.65. The van der Waals surface area contributed by atoms with Crippen molar-refractivity contribution in [3.05, 3.63) is 47.5 Å². The largest absolute Gasteiger partial charge is 0.461 e. The maximum absolute atomic E-state index is 12.0. The first-order chi connectivity index (χ1) is 10.2. The Balaban J connectivity index is 2.22. The monoisotopic (exact) mass is 302 g/mol. The number of carbonyl (C=O) groups is 1. The van der Waals surface area contributed by atoms with Gasteiger partial charge in [-0.05, 0) is 24.6 Å². The lowest BCUT2D eigenvalue weighted by molar-refractivity contribution is 0.0521. The molecule has 0 atom stereocenters. The molecule has 0 N–H and O–H groups in total. The third kappa shape index (κ3) is 2.45. The molecule has 0 bridgehead atoms. The second kappa shape index (κ2) is 5.49. The van der Waals surface area contributed by atoms with Gasteiger partial charge in [-0.1, -0.05) is 18.2 Å². The van der Waals surface area contributed by atoms with Gasteiger partial charge < -0.3 is 4.74 Å². The molecule has 3 rings (SSSR count). The van der Waals surface area contributed by atoms with Crippen LogP contribution in [0.5, 0.6) is 0 Å².